The van der Waals surface area contributed by atoms with Crippen molar-refractivity contribution in [3.05, 3.63) is 12.2 Å². The standard InChI is InChI=1S/C12H20N4O2/c1-16-8-14-15-11(16)7-13-6-9-4-2-3-5-10(9)12(17)18/h8-10,13H,2-7H2,1H3,(H,17,18). The van der Waals surface area contributed by atoms with Crippen LogP contribution in [0.1, 0.15) is 31.5 Å². The number of hydrogen-bond acceptors (Lipinski definition) is 4. The molecule has 1 aromatic rings. The van der Waals surface area contributed by atoms with E-state index in [2.05, 4.69) is 15.5 Å². The van der Waals surface area contributed by atoms with E-state index in [1.54, 1.807) is 6.33 Å². The maximum Gasteiger partial charge on any atom is 0.306 e. The molecule has 2 atom stereocenters. The van der Waals surface area contributed by atoms with E-state index >= 15 is 0 Å². The highest BCUT2D eigenvalue weighted by molar-refractivity contribution is 5.70. The van der Waals surface area contributed by atoms with Crippen LogP contribution in [0, 0.1) is 11.8 Å². The molecular formula is C12H20N4O2. The number of carboxylic acid groups (broad SMARTS) is 1. The Morgan fingerprint density at radius 3 is 3.00 bits per heavy atom. The predicted octanol–water partition coefficient (Wildman–Crippen LogP) is 0.796. The third kappa shape index (κ3) is 3.07. The third-order valence-corrected chi connectivity index (χ3v) is 3.72. The minimum absolute atomic E-state index is 0.189. The molecule has 1 aliphatic carbocycles. The number of carboxylic acids is 1. The summed E-state index contributed by atoms with van der Waals surface area (Å²) in [7, 11) is 1.90. The summed E-state index contributed by atoms with van der Waals surface area (Å²) in [6.45, 7) is 1.38. The Kier molecular flexibility index (Phi) is 4.30. The second-order valence-electron chi connectivity index (χ2n) is 4.98. The molecule has 1 aromatic heterocycles. The molecule has 0 saturated heterocycles. The van der Waals surface area contributed by atoms with Gasteiger partial charge in [0.05, 0.1) is 12.5 Å². The lowest BCUT2D eigenvalue weighted by Crippen LogP contribution is -2.34. The van der Waals surface area contributed by atoms with Gasteiger partial charge in [-0.3, -0.25) is 4.79 Å². The molecule has 0 bridgehead atoms. The molecule has 1 heterocycles. The van der Waals surface area contributed by atoms with E-state index in [-0.39, 0.29) is 11.8 Å². The maximum absolute atomic E-state index is 11.2. The van der Waals surface area contributed by atoms with Gasteiger partial charge in [-0.25, -0.2) is 0 Å². The SMILES string of the molecule is Cn1cnnc1CNCC1CCCCC1C(=O)O. The molecule has 100 valence electrons. The highest BCUT2D eigenvalue weighted by Crippen LogP contribution is 2.29. The van der Waals surface area contributed by atoms with Crippen LogP contribution in [-0.4, -0.2) is 32.4 Å². The summed E-state index contributed by atoms with van der Waals surface area (Å²) in [5.41, 5.74) is 0. The Balaban J connectivity index is 1.81. The first-order chi connectivity index (χ1) is 8.68. The van der Waals surface area contributed by atoms with Gasteiger partial charge in [-0.1, -0.05) is 12.8 Å². The molecule has 0 amide bonds. The summed E-state index contributed by atoms with van der Waals surface area (Å²) < 4.78 is 1.86. The number of carbonyl (C=O) groups is 1. The van der Waals surface area contributed by atoms with Crippen LogP contribution in [0.5, 0.6) is 0 Å². The number of nitrogens with zero attached hydrogens (tertiary/aromatic N) is 3. The molecule has 1 saturated carbocycles. The van der Waals surface area contributed by atoms with E-state index in [1.807, 2.05) is 11.6 Å². The van der Waals surface area contributed by atoms with Crippen molar-refractivity contribution in [2.75, 3.05) is 6.54 Å². The second-order valence-corrected chi connectivity index (χ2v) is 4.98. The average Bonchev–Trinajstić information content (AvgIpc) is 2.76. The minimum atomic E-state index is -0.653. The zero-order valence-corrected chi connectivity index (χ0v) is 10.7. The van der Waals surface area contributed by atoms with Gasteiger partial charge in [0.1, 0.15) is 12.2 Å². The molecule has 2 N–H and O–H groups in total. The molecule has 6 heteroatoms. The van der Waals surface area contributed by atoms with Crippen molar-refractivity contribution in [3.63, 3.8) is 0 Å². The summed E-state index contributed by atoms with van der Waals surface area (Å²) in [5.74, 6) is 0.271. The number of hydrogen-bond donors (Lipinski definition) is 2. The first-order valence-corrected chi connectivity index (χ1v) is 6.45. The summed E-state index contributed by atoms with van der Waals surface area (Å²) in [5, 5.41) is 20.3. The molecule has 1 fully saturated rings. The number of aromatic nitrogens is 3. The van der Waals surface area contributed by atoms with Crippen LogP contribution in [0.4, 0.5) is 0 Å². The molecule has 0 aliphatic heterocycles. The van der Waals surface area contributed by atoms with Crippen LogP contribution in [-0.2, 0) is 18.4 Å². The van der Waals surface area contributed by atoms with Crippen LogP contribution in [0.3, 0.4) is 0 Å². The zero-order chi connectivity index (χ0) is 13.0. The van der Waals surface area contributed by atoms with Crippen molar-refractivity contribution in [2.45, 2.75) is 32.2 Å². The maximum atomic E-state index is 11.2. The molecule has 1 aliphatic rings. The molecule has 2 unspecified atom stereocenters. The molecule has 0 spiro atoms. The first kappa shape index (κ1) is 13.0. The fourth-order valence-corrected chi connectivity index (χ4v) is 2.61. The van der Waals surface area contributed by atoms with Gasteiger partial charge in [-0.05, 0) is 25.3 Å². The van der Waals surface area contributed by atoms with Gasteiger partial charge < -0.3 is 15.0 Å². The van der Waals surface area contributed by atoms with Crippen molar-refractivity contribution in [1.82, 2.24) is 20.1 Å². The van der Waals surface area contributed by atoms with Gasteiger partial charge in [-0.2, -0.15) is 0 Å². The zero-order valence-electron chi connectivity index (χ0n) is 10.7. The number of aliphatic carboxylic acids is 1. The van der Waals surface area contributed by atoms with Gasteiger partial charge in [0, 0.05) is 7.05 Å². The number of aryl methyl sites for hydroxylation is 1. The lowest BCUT2D eigenvalue weighted by atomic mass is 9.79. The fourth-order valence-electron chi connectivity index (χ4n) is 2.61. The Labute approximate surface area is 106 Å². The molecule has 18 heavy (non-hydrogen) atoms. The Bertz CT molecular complexity index is 405. The monoisotopic (exact) mass is 252 g/mol. The third-order valence-electron chi connectivity index (χ3n) is 3.72. The second kappa shape index (κ2) is 5.95. The summed E-state index contributed by atoms with van der Waals surface area (Å²) >= 11 is 0. The van der Waals surface area contributed by atoms with Gasteiger partial charge in [0.2, 0.25) is 0 Å². The molecule has 6 nitrogen and oxygen atoms in total. The van der Waals surface area contributed by atoms with Gasteiger partial charge in [0.15, 0.2) is 0 Å². The van der Waals surface area contributed by atoms with E-state index in [0.29, 0.717) is 6.54 Å². The van der Waals surface area contributed by atoms with Crippen LogP contribution in [0.25, 0.3) is 0 Å². The van der Waals surface area contributed by atoms with E-state index in [1.165, 1.54) is 0 Å². The Morgan fingerprint density at radius 1 is 1.56 bits per heavy atom. The number of nitrogens with one attached hydrogen (secondary N) is 1. The van der Waals surface area contributed by atoms with Crippen molar-refractivity contribution in [2.24, 2.45) is 18.9 Å². The lowest BCUT2D eigenvalue weighted by molar-refractivity contribution is -0.144. The normalized spacial score (nSPS) is 24.1. The quantitative estimate of drug-likeness (QED) is 0.810. The molecule has 2 rings (SSSR count). The molecule has 0 aromatic carbocycles. The van der Waals surface area contributed by atoms with E-state index in [0.717, 1.165) is 38.1 Å². The van der Waals surface area contributed by atoms with Gasteiger partial charge in [-0.15, -0.1) is 10.2 Å². The fraction of sp³-hybridized carbons (Fsp3) is 0.750. The highest BCUT2D eigenvalue weighted by Gasteiger charge is 2.30. The van der Waals surface area contributed by atoms with Gasteiger partial charge in [0.25, 0.3) is 0 Å². The Hall–Kier alpha value is -1.43. The van der Waals surface area contributed by atoms with Gasteiger partial charge >= 0.3 is 5.97 Å². The van der Waals surface area contributed by atoms with Crippen LogP contribution in [0.15, 0.2) is 6.33 Å². The van der Waals surface area contributed by atoms with Crippen molar-refractivity contribution in [1.29, 1.82) is 0 Å². The smallest absolute Gasteiger partial charge is 0.306 e. The summed E-state index contributed by atoms with van der Waals surface area (Å²) in [4.78, 5) is 11.2. The summed E-state index contributed by atoms with van der Waals surface area (Å²) in [6, 6.07) is 0. The molecular weight excluding hydrogens is 232 g/mol. The number of rotatable bonds is 5. The molecule has 0 radical (unpaired) electrons. The van der Waals surface area contributed by atoms with Crippen molar-refractivity contribution >= 4 is 5.97 Å². The highest BCUT2D eigenvalue weighted by atomic mass is 16.4. The largest absolute Gasteiger partial charge is 0.481 e. The van der Waals surface area contributed by atoms with E-state index < -0.39 is 5.97 Å². The van der Waals surface area contributed by atoms with Crippen LogP contribution in [0.2, 0.25) is 0 Å². The minimum Gasteiger partial charge on any atom is -0.481 e. The first-order valence-electron chi connectivity index (χ1n) is 6.45. The van der Waals surface area contributed by atoms with E-state index in [9.17, 15) is 9.90 Å². The lowest BCUT2D eigenvalue weighted by Gasteiger charge is -2.28. The Morgan fingerprint density at radius 2 is 2.33 bits per heavy atom. The summed E-state index contributed by atoms with van der Waals surface area (Å²) in [6.07, 6.45) is 5.66. The van der Waals surface area contributed by atoms with Crippen LogP contribution < -0.4 is 5.32 Å². The average molecular weight is 252 g/mol. The predicted molar refractivity (Wildman–Crippen MR) is 65.8 cm³/mol. The van der Waals surface area contributed by atoms with E-state index in [4.69, 9.17) is 0 Å². The van der Waals surface area contributed by atoms with Crippen LogP contribution >= 0.6 is 0 Å². The topological polar surface area (TPSA) is 80.0 Å². The van der Waals surface area contributed by atoms with Crippen molar-refractivity contribution in [3.8, 4) is 0 Å². The van der Waals surface area contributed by atoms with Crippen molar-refractivity contribution < 1.29 is 9.90 Å².